The number of nitrogens with zero attached hydrogens (tertiary/aromatic N) is 1. The van der Waals surface area contributed by atoms with E-state index >= 15 is 0 Å². The van der Waals surface area contributed by atoms with Crippen LogP contribution in [0, 0.1) is 6.92 Å². The summed E-state index contributed by atoms with van der Waals surface area (Å²) in [7, 11) is 0. The van der Waals surface area contributed by atoms with E-state index in [0.717, 1.165) is 18.4 Å². The first-order valence-electron chi connectivity index (χ1n) is 6.76. The molecular weight excluding hydrogens is 242 g/mol. The van der Waals surface area contributed by atoms with Gasteiger partial charge in [0.05, 0.1) is 6.61 Å². The van der Waals surface area contributed by atoms with E-state index < -0.39 is 6.10 Å². The monoisotopic (exact) mass is 263 g/mol. The van der Waals surface area contributed by atoms with Crippen LogP contribution in [0.2, 0.25) is 0 Å². The minimum Gasteiger partial charge on any atom is -0.481 e. The van der Waals surface area contributed by atoms with E-state index in [4.69, 9.17) is 9.84 Å². The predicted octanol–water partition coefficient (Wildman–Crippen LogP) is 1.75. The van der Waals surface area contributed by atoms with Gasteiger partial charge in [-0.1, -0.05) is 12.1 Å². The van der Waals surface area contributed by atoms with Crippen LogP contribution in [-0.2, 0) is 4.79 Å². The highest BCUT2D eigenvalue weighted by Crippen LogP contribution is 2.27. The molecule has 0 aliphatic heterocycles. The average Bonchev–Trinajstić information content (AvgIpc) is 3.19. The molecule has 1 saturated carbocycles. The summed E-state index contributed by atoms with van der Waals surface area (Å²) in [5.41, 5.74) is 1.10. The molecule has 0 spiro atoms. The van der Waals surface area contributed by atoms with Crippen molar-refractivity contribution in [1.29, 1.82) is 0 Å². The van der Waals surface area contributed by atoms with Crippen LogP contribution in [0.5, 0.6) is 5.75 Å². The summed E-state index contributed by atoms with van der Waals surface area (Å²) in [5.74, 6) is 0.665. The molecule has 1 aliphatic carbocycles. The Morgan fingerprint density at radius 3 is 2.84 bits per heavy atom. The molecule has 0 aromatic heterocycles. The van der Waals surface area contributed by atoms with Gasteiger partial charge in [0.2, 0.25) is 0 Å². The second-order valence-corrected chi connectivity index (χ2v) is 5.06. The molecular formula is C15H21NO3. The van der Waals surface area contributed by atoms with Crippen molar-refractivity contribution in [2.75, 3.05) is 13.2 Å². The number of aliphatic hydroxyl groups excluding tert-OH is 1. The molecule has 1 atom stereocenters. The van der Waals surface area contributed by atoms with Crippen molar-refractivity contribution in [3.63, 3.8) is 0 Å². The van der Waals surface area contributed by atoms with Crippen LogP contribution >= 0.6 is 0 Å². The smallest absolute Gasteiger partial charge is 0.263 e. The Balaban J connectivity index is 1.98. The number of ether oxygens (including phenoxy) is 1. The Bertz CT molecular complexity index is 443. The molecule has 19 heavy (non-hydrogen) atoms. The van der Waals surface area contributed by atoms with Gasteiger partial charge in [-0.3, -0.25) is 4.79 Å². The van der Waals surface area contributed by atoms with Crippen LogP contribution in [0.25, 0.3) is 0 Å². The normalized spacial score (nSPS) is 15.9. The first kappa shape index (κ1) is 13.9. The number of hydrogen-bond acceptors (Lipinski definition) is 3. The van der Waals surface area contributed by atoms with Crippen LogP contribution < -0.4 is 4.74 Å². The third-order valence-corrected chi connectivity index (χ3v) is 3.26. The largest absolute Gasteiger partial charge is 0.481 e. The van der Waals surface area contributed by atoms with Gasteiger partial charge in [-0.25, -0.2) is 0 Å². The summed E-state index contributed by atoms with van der Waals surface area (Å²) < 4.78 is 5.69. The van der Waals surface area contributed by atoms with Gasteiger partial charge in [0.15, 0.2) is 6.10 Å². The number of amides is 1. The number of hydrogen-bond donors (Lipinski definition) is 1. The Kier molecular flexibility index (Phi) is 4.43. The van der Waals surface area contributed by atoms with Crippen LogP contribution in [0.1, 0.15) is 25.3 Å². The standard InChI is InChI=1S/C15H21NO3/c1-11-4-3-5-14(10-11)19-12(2)15(18)16(8-9-17)13-6-7-13/h3-5,10,12-13,17H,6-9H2,1-2H3/t12-/m0/s1. The van der Waals surface area contributed by atoms with Crippen molar-refractivity contribution in [2.24, 2.45) is 0 Å². The molecule has 1 N–H and O–H groups in total. The molecule has 0 radical (unpaired) electrons. The van der Waals surface area contributed by atoms with Gasteiger partial charge in [0, 0.05) is 12.6 Å². The Morgan fingerprint density at radius 1 is 1.53 bits per heavy atom. The van der Waals surface area contributed by atoms with Gasteiger partial charge in [-0.2, -0.15) is 0 Å². The average molecular weight is 263 g/mol. The number of rotatable bonds is 6. The fourth-order valence-electron chi connectivity index (χ4n) is 2.14. The van der Waals surface area contributed by atoms with Gasteiger partial charge >= 0.3 is 0 Å². The molecule has 1 amide bonds. The van der Waals surface area contributed by atoms with E-state index in [1.54, 1.807) is 11.8 Å². The van der Waals surface area contributed by atoms with E-state index in [-0.39, 0.29) is 12.5 Å². The fraction of sp³-hybridized carbons (Fsp3) is 0.533. The quantitative estimate of drug-likeness (QED) is 0.850. The zero-order valence-corrected chi connectivity index (χ0v) is 11.5. The number of aryl methyl sites for hydroxylation is 1. The van der Waals surface area contributed by atoms with Crippen LogP contribution in [0.15, 0.2) is 24.3 Å². The molecule has 4 nitrogen and oxygen atoms in total. The van der Waals surface area contributed by atoms with E-state index in [1.807, 2.05) is 31.2 Å². The minimum atomic E-state index is -0.519. The van der Waals surface area contributed by atoms with Crippen LogP contribution in [0.4, 0.5) is 0 Å². The van der Waals surface area contributed by atoms with Crippen molar-refractivity contribution >= 4 is 5.91 Å². The lowest BCUT2D eigenvalue weighted by atomic mass is 10.2. The highest BCUT2D eigenvalue weighted by molar-refractivity contribution is 5.81. The minimum absolute atomic E-state index is 0.000590. The molecule has 0 heterocycles. The first-order chi connectivity index (χ1) is 9.11. The van der Waals surface area contributed by atoms with Crippen molar-refractivity contribution in [1.82, 2.24) is 4.90 Å². The molecule has 0 unspecified atom stereocenters. The van der Waals surface area contributed by atoms with Crippen molar-refractivity contribution in [3.8, 4) is 5.75 Å². The molecule has 1 fully saturated rings. The van der Waals surface area contributed by atoms with E-state index in [2.05, 4.69) is 0 Å². The summed E-state index contributed by atoms with van der Waals surface area (Å²) in [6.07, 6.45) is 1.54. The summed E-state index contributed by atoms with van der Waals surface area (Å²) in [4.78, 5) is 14.0. The molecule has 104 valence electrons. The molecule has 2 rings (SSSR count). The van der Waals surface area contributed by atoms with E-state index in [1.165, 1.54) is 0 Å². The number of carbonyl (C=O) groups excluding carboxylic acids is 1. The maximum absolute atomic E-state index is 12.3. The summed E-state index contributed by atoms with van der Waals surface area (Å²) >= 11 is 0. The second kappa shape index (κ2) is 6.06. The van der Waals surface area contributed by atoms with Crippen LogP contribution in [0.3, 0.4) is 0 Å². The number of carbonyl (C=O) groups is 1. The van der Waals surface area contributed by atoms with Gasteiger partial charge in [-0.05, 0) is 44.4 Å². The van der Waals surface area contributed by atoms with Gasteiger partial charge in [-0.15, -0.1) is 0 Å². The van der Waals surface area contributed by atoms with Gasteiger partial charge in [0.1, 0.15) is 5.75 Å². The molecule has 1 aromatic rings. The Hall–Kier alpha value is -1.55. The summed E-state index contributed by atoms with van der Waals surface area (Å²) in [5, 5.41) is 9.04. The first-order valence-corrected chi connectivity index (χ1v) is 6.76. The zero-order chi connectivity index (χ0) is 13.8. The zero-order valence-electron chi connectivity index (χ0n) is 11.5. The molecule has 4 heteroatoms. The lowest BCUT2D eigenvalue weighted by molar-refractivity contribution is -0.139. The third kappa shape index (κ3) is 3.70. The van der Waals surface area contributed by atoms with Crippen LogP contribution in [-0.4, -0.2) is 41.2 Å². The molecule has 1 aromatic carbocycles. The molecule has 1 aliphatic rings. The summed E-state index contributed by atoms with van der Waals surface area (Å²) in [6.45, 7) is 4.14. The van der Waals surface area contributed by atoms with Crippen molar-refractivity contribution in [2.45, 2.75) is 38.8 Å². The van der Waals surface area contributed by atoms with E-state index in [0.29, 0.717) is 18.3 Å². The SMILES string of the molecule is Cc1cccc(O[C@@H](C)C(=O)N(CCO)C2CC2)c1. The summed E-state index contributed by atoms with van der Waals surface area (Å²) in [6, 6.07) is 7.96. The third-order valence-electron chi connectivity index (χ3n) is 3.26. The van der Waals surface area contributed by atoms with Crippen molar-refractivity contribution in [3.05, 3.63) is 29.8 Å². The lowest BCUT2D eigenvalue weighted by Crippen LogP contribution is -2.43. The highest BCUT2D eigenvalue weighted by Gasteiger charge is 2.34. The lowest BCUT2D eigenvalue weighted by Gasteiger charge is -2.25. The van der Waals surface area contributed by atoms with Gasteiger partial charge < -0.3 is 14.7 Å². The fourth-order valence-corrected chi connectivity index (χ4v) is 2.14. The maximum atomic E-state index is 12.3. The maximum Gasteiger partial charge on any atom is 0.263 e. The topological polar surface area (TPSA) is 49.8 Å². The predicted molar refractivity (Wildman–Crippen MR) is 73.1 cm³/mol. The van der Waals surface area contributed by atoms with E-state index in [9.17, 15) is 4.79 Å². The number of aliphatic hydroxyl groups is 1. The molecule has 0 saturated heterocycles. The van der Waals surface area contributed by atoms with Gasteiger partial charge in [0.25, 0.3) is 5.91 Å². The Morgan fingerprint density at radius 2 is 2.26 bits per heavy atom. The van der Waals surface area contributed by atoms with Crippen molar-refractivity contribution < 1.29 is 14.6 Å². The molecule has 0 bridgehead atoms. The number of benzene rings is 1. The Labute approximate surface area is 114 Å². The highest BCUT2D eigenvalue weighted by atomic mass is 16.5. The second-order valence-electron chi connectivity index (χ2n) is 5.06.